The molecule has 0 fully saturated rings. The molecule has 0 spiro atoms. The van der Waals surface area contributed by atoms with Crippen LogP contribution in [-0.4, -0.2) is 13.0 Å². The highest BCUT2D eigenvalue weighted by Crippen LogP contribution is 2.10. The molecule has 12 heavy (non-hydrogen) atoms. The van der Waals surface area contributed by atoms with E-state index in [9.17, 15) is 0 Å². The first kappa shape index (κ1) is 8.78. The summed E-state index contributed by atoms with van der Waals surface area (Å²) in [6, 6.07) is 0. The van der Waals surface area contributed by atoms with Crippen LogP contribution in [0, 0.1) is 0 Å². The summed E-state index contributed by atoms with van der Waals surface area (Å²) in [7, 11) is 1.63. The third kappa shape index (κ3) is 2.38. The van der Waals surface area contributed by atoms with Crippen LogP contribution in [0.1, 0.15) is 13.3 Å². The van der Waals surface area contributed by atoms with Gasteiger partial charge in [0.1, 0.15) is 0 Å². The van der Waals surface area contributed by atoms with Crippen molar-refractivity contribution >= 4 is 5.90 Å². The minimum atomic E-state index is 0.678. The Kier molecular flexibility index (Phi) is 3.33. The van der Waals surface area contributed by atoms with Crippen LogP contribution in [0.25, 0.3) is 0 Å². The molecule has 0 aromatic carbocycles. The highest BCUT2D eigenvalue weighted by atomic mass is 16.5. The molecule has 1 rings (SSSR count). The van der Waals surface area contributed by atoms with E-state index in [2.05, 4.69) is 4.99 Å². The summed E-state index contributed by atoms with van der Waals surface area (Å²) in [5.74, 6) is 0.678. The molecule has 0 saturated carbocycles. The maximum absolute atomic E-state index is 5.00. The van der Waals surface area contributed by atoms with Gasteiger partial charge >= 0.3 is 0 Å². The Hall–Kier alpha value is -1.31. The third-order valence-corrected chi connectivity index (χ3v) is 1.53. The summed E-state index contributed by atoms with van der Waals surface area (Å²) in [6.07, 6.45) is 10.8. The van der Waals surface area contributed by atoms with Gasteiger partial charge in [0.25, 0.3) is 0 Å². The molecule has 0 aromatic rings. The quantitative estimate of drug-likeness (QED) is 0.581. The summed E-state index contributed by atoms with van der Waals surface area (Å²) in [5, 5.41) is 0. The van der Waals surface area contributed by atoms with Crippen LogP contribution in [0.4, 0.5) is 0 Å². The molecule has 0 saturated heterocycles. The van der Waals surface area contributed by atoms with Crippen LogP contribution in [-0.2, 0) is 4.74 Å². The van der Waals surface area contributed by atoms with Crippen molar-refractivity contribution in [2.24, 2.45) is 4.99 Å². The summed E-state index contributed by atoms with van der Waals surface area (Å²) in [4.78, 5) is 4.26. The highest BCUT2D eigenvalue weighted by molar-refractivity contribution is 5.89. The molecule has 0 N–H and O–H groups in total. The van der Waals surface area contributed by atoms with Crippen LogP contribution in [0.3, 0.4) is 0 Å². The van der Waals surface area contributed by atoms with Gasteiger partial charge < -0.3 is 4.74 Å². The average Bonchev–Trinajstić information content (AvgIpc) is 2.15. The van der Waals surface area contributed by atoms with E-state index in [-0.39, 0.29) is 0 Å². The van der Waals surface area contributed by atoms with E-state index in [1.165, 1.54) is 0 Å². The summed E-state index contributed by atoms with van der Waals surface area (Å²) < 4.78 is 5.00. The maximum Gasteiger partial charge on any atom is 0.212 e. The maximum atomic E-state index is 5.00. The van der Waals surface area contributed by atoms with Gasteiger partial charge in [-0.25, -0.2) is 4.99 Å². The Balaban J connectivity index is 2.71. The number of hydrogen-bond donors (Lipinski definition) is 0. The Morgan fingerprint density at radius 3 is 3.08 bits per heavy atom. The van der Waals surface area contributed by atoms with Crippen molar-refractivity contribution < 1.29 is 4.74 Å². The smallest absolute Gasteiger partial charge is 0.212 e. The van der Waals surface area contributed by atoms with E-state index >= 15 is 0 Å². The molecule has 0 atom stereocenters. The van der Waals surface area contributed by atoms with Crippen molar-refractivity contribution in [3.63, 3.8) is 0 Å². The molecular weight excluding hydrogens is 150 g/mol. The van der Waals surface area contributed by atoms with E-state index in [0.717, 1.165) is 12.1 Å². The first-order valence-electron chi connectivity index (χ1n) is 3.98. The normalized spacial score (nSPS) is 20.2. The first-order valence-corrected chi connectivity index (χ1v) is 3.98. The van der Waals surface area contributed by atoms with E-state index in [0.29, 0.717) is 5.90 Å². The lowest BCUT2D eigenvalue weighted by atomic mass is 10.2. The van der Waals surface area contributed by atoms with Gasteiger partial charge in [-0.3, -0.25) is 0 Å². The van der Waals surface area contributed by atoms with E-state index < -0.39 is 0 Å². The van der Waals surface area contributed by atoms with E-state index in [1.807, 2.05) is 37.3 Å². The number of rotatable bonds is 1. The fourth-order valence-electron chi connectivity index (χ4n) is 0.931. The molecular formula is C10H13NO. The molecule has 1 heterocycles. The van der Waals surface area contributed by atoms with Crippen LogP contribution >= 0.6 is 0 Å². The molecule has 0 unspecified atom stereocenters. The van der Waals surface area contributed by atoms with Crippen molar-refractivity contribution in [3.05, 3.63) is 36.1 Å². The predicted octanol–water partition coefficient (Wildman–Crippen LogP) is 2.45. The molecule has 2 heteroatoms. The van der Waals surface area contributed by atoms with Crippen LogP contribution < -0.4 is 0 Å². The molecule has 1 aliphatic rings. The first-order chi connectivity index (χ1) is 5.86. The largest absolute Gasteiger partial charge is 0.481 e. The number of ether oxygens (including phenoxy) is 1. The molecule has 0 bridgehead atoms. The van der Waals surface area contributed by atoms with Gasteiger partial charge in [0.2, 0.25) is 5.90 Å². The van der Waals surface area contributed by atoms with Crippen LogP contribution in [0.15, 0.2) is 41.1 Å². The van der Waals surface area contributed by atoms with Gasteiger partial charge in [-0.15, -0.1) is 0 Å². The lowest BCUT2D eigenvalue weighted by Crippen LogP contribution is -2.00. The fraction of sp³-hybridized carbons (Fsp3) is 0.300. The second-order valence-electron chi connectivity index (χ2n) is 2.44. The van der Waals surface area contributed by atoms with Gasteiger partial charge in [-0.2, -0.15) is 0 Å². The summed E-state index contributed by atoms with van der Waals surface area (Å²) in [6.45, 7) is 1.98. The zero-order valence-electron chi connectivity index (χ0n) is 7.45. The molecule has 0 radical (unpaired) electrons. The Bertz CT molecular complexity index is 259. The predicted molar refractivity (Wildman–Crippen MR) is 51.1 cm³/mol. The zero-order chi connectivity index (χ0) is 8.81. The van der Waals surface area contributed by atoms with E-state index in [4.69, 9.17) is 4.74 Å². The SMILES string of the molecule is C/C=C\C=C1/CC=CC(OC)=N1. The summed E-state index contributed by atoms with van der Waals surface area (Å²) >= 11 is 0. The van der Waals surface area contributed by atoms with E-state index in [1.54, 1.807) is 7.11 Å². The minimum Gasteiger partial charge on any atom is -0.481 e. The van der Waals surface area contributed by atoms with Crippen molar-refractivity contribution in [1.82, 2.24) is 0 Å². The van der Waals surface area contributed by atoms with Crippen molar-refractivity contribution in [2.75, 3.05) is 7.11 Å². The molecule has 1 aliphatic heterocycles. The molecule has 0 aliphatic carbocycles. The van der Waals surface area contributed by atoms with Gasteiger partial charge in [-0.1, -0.05) is 18.2 Å². The molecule has 64 valence electrons. The topological polar surface area (TPSA) is 21.6 Å². The molecule has 0 amide bonds. The lowest BCUT2D eigenvalue weighted by Gasteiger charge is -2.05. The van der Waals surface area contributed by atoms with Crippen molar-refractivity contribution in [1.29, 1.82) is 0 Å². The van der Waals surface area contributed by atoms with Gasteiger partial charge in [0.15, 0.2) is 0 Å². The van der Waals surface area contributed by atoms with Gasteiger partial charge in [0, 0.05) is 12.1 Å². The lowest BCUT2D eigenvalue weighted by molar-refractivity contribution is 0.405. The van der Waals surface area contributed by atoms with Crippen LogP contribution in [0.5, 0.6) is 0 Å². The highest BCUT2D eigenvalue weighted by Gasteiger charge is 2.00. The minimum absolute atomic E-state index is 0.678. The number of aliphatic imine (C=N–C) groups is 1. The van der Waals surface area contributed by atoms with Gasteiger partial charge in [0.05, 0.1) is 7.11 Å². The number of allylic oxidation sites excluding steroid dienone is 4. The number of dihydropyridines is 1. The fourth-order valence-corrected chi connectivity index (χ4v) is 0.931. The number of hydrogen-bond acceptors (Lipinski definition) is 2. The second kappa shape index (κ2) is 4.54. The molecule has 0 aromatic heterocycles. The standard InChI is InChI=1S/C10H13NO/c1-3-4-6-9-7-5-8-10(11-9)12-2/h3-6,8H,7H2,1-2H3/b4-3-,9-6+. The summed E-state index contributed by atoms with van der Waals surface area (Å²) in [5.41, 5.74) is 1.03. The molecule has 2 nitrogen and oxygen atoms in total. The second-order valence-corrected chi connectivity index (χ2v) is 2.44. The monoisotopic (exact) mass is 163 g/mol. The average molecular weight is 163 g/mol. The van der Waals surface area contributed by atoms with Gasteiger partial charge in [-0.05, 0) is 19.1 Å². The van der Waals surface area contributed by atoms with Crippen molar-refractivity contribution in [2.45, 2.75) is 13.3 Å². The number of methoxy groups -OCH3 is 1. The Labute approximate surface area is 73.0 Å². The zero-order valence-corrected chi connectivity index (χ0v) is 7.45. The third-order valence-electron chi connectivity index (χ3n) is 1.53. The Morgan fingerprint density at radius 2 is 2.42 bits per heavy atom. The van der Waals surface area contributed by atoms with Crippen LogP contribution in [0.2, 0.25) is 0 Å². The number of nitrogens with zero attached hydrogens (tertiary/aromatic N) is 1. The Morgan fingerprint density at radius 1 is 1.58 bits per heavy atom. The van der Waals surface area contributed by atoms with Crippen molar-refractivity contribution in [3.8, 4) is 0 Å².